The van der Waals surface area contributed by atoms with Gasteiger partial charge in [0.15, 0.2) is 9.84 Å². The third-order valence-corrected chi connectivity index (χ3v) is 4.79. The third-order valence-electron chi connectivity index (χ3n) is 3.05. The number of amides is 1. The average Bonchev–Trinajstić information content (AvgIpc) is 2.98. The van der Waals surface area contributed by atoms with Gasteiger partial charge in [0.2, 0.25) is 5.91 Å². The Morgan fingerprint density at radius 1 is 1.29 bits per heavy atom. The van der Waals surface area contributed by atoms with Gasteiger partial charge in [0.1, 0.15) is 5.82 Å². The van der Waals surface area contributed by atoms with Crippen molar-refractivity contribution in [2.75, 3.05) is 12.8 Å². The Balaban J connectivity index is 1.91. The molecule has 0 aliphatic carbocycles. The van der Waals surface area contributed by atoms with Crippen LogP contribution >= 0.6 is 0 Å². The number of nitrogens with zero attached hydrogens (tertiary/aromatic N) is 2. The Bertz CT molecular complexity index is 682. The van der Waals surface area contributed by atoms with Gasteiger partial charge in [-0.1, -0.05) is 18.2 Å². The molecule has 0 radical (unpaired) electrons. The van der Waals surface area contributed by atoms with E-state index in [0.29, 0.717) is 12.4 Å². The molecule has 1 amide bonds. The molecular weight excluding hydrogens is 290 g/mol. The standard InChI is InChI=1S/C14H17N3O3S/c1-17(11-13-15-8-9-16-13)14(18)7-10-21(19,20)12-5-3-2-4-6-12/h2-6,8-9H,7,10-11H2,1H3,(H,15,16). The van der Waals surface area contributed by atoms with Crippen molar-refractivity contribution in [2.45, 2.75) is 17.9 Å². The van der Waals surface area contributed by atoms with E-state index in [4.69, 9.17) is 0 Å². The highest BCUT2D eigenvalue weighted by Gasteiger charge is 2.18. The van der Waals surface area contributed by atoms with Gasteiger partial charge in [0.05, 0.1) is 17.2 Å². The number of H-pyrrole nitrogens is 1. The van der Waals surface area contributed by atoms with Crippen molar-refractivity contribution in [2.24, 2.45) is 0 Å². The summed E-state index contributed by atoms with van der Waals surface area (Å²) in [4.78, 5) is 20.6. The molecule has 1 N–H and O–H groups in total. The molecule has 1 aromatic heterocycles. The lowest BCUT2D eigenvalue weighted by Crippen LogP contribution is -2.28. The summed E-state index contributed by atoms with van der Waals surface area (Å²) in [6.45, 7) is 0.331. The highest BCUT2D eigenvalue weighted by atomic mass is 32.2. The van der Waals surface area contributed by atoms with E-state index >= 15 is 0 Å². The van der Waals surface area contributed by atoms with E-state index in [1.54, 1.807) is 37.6 Å². The van der Waals surface area contributed by atoms with Crippen LogP contribution in [0.5, 0.6) is 0 Å². The number of rotatable bonds is 6. The second-order valence-electron chi connectivity index (χ2n) is 4.67. The zero-order valence-corrected chi connectivity index (χ0v) is 12.5. The van der Waals surface area contributed by atoms with Crippen molar-refractivity contribution in [3.8, 4) is 0 Å². The Kier molecular flexibility index (Phi) is 4.74. The zero-order valence-electron chi connectivity index (χ0n) is 11.7. The Morgan fingerprint density at radius 2 is 2.00 bits per heavy atom. The normalized spacial score (nSPS) is 11.3. The molecule has 7 heteroatoms. The van der Waals surface area contributed by atoms with Gasteiger partial charge in [-0.2, -0.15) is 0 Å². The van der Waals surface area contributed by atoms with Crippen LogP contribution in [0.2, 0.25) is 0 Å². The molecule has 0 saturated heterocycles. The number of aromatic nitrogens is 2. The van der Waals surface area contributed by atoms with E-state index in [0.717, 1.165) is 0 Å². The van der Waals surface area contributed by atoms with Gasteiger partial charge < -0.3 is 9.88 Å². The Morgan fingerprint density at radius 3 is 2.62 bits per heavy atom. The first-order valence-electron chi connectivity index (χ1n) is 6.49. The second-order valence-corrected chi connectivity index (χ2v) is 6.78. The van der Waals surface area contributed by atoms with Crippen LogP contribution in [-0.4, -0.2) is 42.0 Å². The fourth-order valence-corrected chi connectivity index (χ4v) is 3.11. The largest absolute Gasteiger partial charge is 0.347 e. The van der Waals surface area contributed by atoms with Gasteiger partial charge >= 0.3 is 0 Å². The molecule has 0 fully saturated rings. The molecule has 6 nitrogen and oxygen atoms in total. The fraction of sp³-hybridized carbons (Fsp3) is 0.286. The van der Waals surface area contributed by atoms with Gasteiger partial charge in [0, 0.05) is 25.9 Å². The molecule has 0 atom stereocenters. The van der Waals surface area contributed by atoms with Gasteiger partial charge in [0.25, 0.3) is 0 Å². The van der Waals surface area contributed by atoms with Crippen LogP contribution < -0.4 is 0 Å². The second kappa shape index (κ2) is 6.53. The molecule has 21 heavy (non-hydrogen) atoms. The maximum Gasteiger partial charge on any atom is 0.223 e. The minimum atomic E-state index is -3.42. The van der Waals surface area contributed by atoms with Crippen LogP contribution in [0.3, 0.4) is 0 Å². The summed E-state index contributed by atoms with van der Waals surface area (Å²) in [5.74, 6) is 0.237. The molecule has 2 aromatic rings. The topological polar surface area (TPSA) is 83.1 Å². The lowest BCUT2D eigenvalue weighted by Gasteiger charge is -2.15. The maximum atomic E-state index is 12.1. The van der Waals surface area contributed by atoms with Crippen molar-refractivity contribution in [3.05, 3.63) is 48.5 Å². The minimum Gasteiger partial charge on any atom is -0.347 e. The summed E-state index contributed by atoms with van der Waals surface area (Å²) in [6, 6.07) is 8.15. The smallest absolute Gasteiger partial charge is 0.223 e. The first kappa shape index (κ1) is 15.2. The Hall–Kier alpha value is -2.15. The summed E-state index contributed by atoms with van der Waals surface area (Å²) in [5, 5.41) is 0. The molecule has 0 bridgehead atoms. The van der Waals surface area contributed by atoms with E-state index < -0.39 is 9.84 Å². The van der Waals surface area contributed by atoms with Crippen molar-refractivity contribution >= 4 is 15.7 Å². The molecule has 1 aromatic carbocycles. The number of imidazole rings is 1. The van der Waals surface area contributed by atoms with Crippen molar-refractivity contribution in [3.63, 3.8) is 0 Å². The zero-order chi connectivity index (χ0) is 15.3. The molecule has 2 rings (SSSR count). The van der Waals surface area contributed by atoms with Gasteiger partial charge in [-0.05, 0) is 12.1 Å². The van der Waals surface area contributed by atoms with E-state index in [1.165, 1.54) is 17.0 Å². The molecule has 112 valence electrons. The first-order valence-corrected chi connectivity index (χ1v) is 8.14. The number of aromatic amines is 1. The minimum absolute atomic E-state index is 0.0472. The van der Waals surface area contributed by atoms with Crippen LogP contribution in [-0.2, 0) is 21.2 Å². The number of sulfone groups is 1. The van der Waals surface area contributed by atoms with Gasteiger partial charge in [-0.15, -0.1) is 0 Å². The summed E-state index contributed by atoms with van der Waals surface area (Å²) in [7, 11) is -1.80. The molecule has 0 aliphatic rings. The lowest BCUT2D eigenvalue weighted by molar-refractivity contribution is -0.130. The van der Waals surface area contributed by atoms with Crippen LogP contribution in [0.25, 0.3) is 0 Å². The van der Waals surface area contributed by atoms with Crippen LogP contribution in [0.15, 0.2) is 47.6 Å². The Labute approximate surface area is 123 Å². The summed E-state index contributed by atoms with van der Waals surface area (Å²) < 4.78 is 24.2. The maximum absolute atomic E-state index is 12.1. The molecule has 1 heterocycles. The number of carbonyl (C=O) groups is 1. The predicted molar refractivity (Wildman–Crippen MR) is 78.2 cm³/mol. The summed E-state index contributed by atoms with van der Waals surface area (Å²) in [5.41, 5.74) is 0. The van der Waals surface area contributed by atoms with E-state index in [1.807, 2.05) is 0 Å². The number of carbonyl (C=O) groups excluding carboxylic acids is 1. The van der Waals surface area contributed by atoms with Gasteiger partial charge in [-0.25, -0.2) is 13.4 Å². The highest BCUT2D eigenvalue weighted by molar-refractivity contribution is 7.91. The molecular formula is C14H17N3O3S. The SMILES string of the molecule is CN(Cc1ncc[nH]1)C(=O)CCS(=O)(=O)c1ccccc1. The van der Waals surface area contributed by atoms with Gasteiger partial charge in [-0.3, -0.25) is 4.79 Å². The quantitative estimate of drug-likeness (QED) is 0.870. The first-order chi connectivity index (χ1) is 9.99. The molecule has 0 unspecified atom stereocenters. The molecule has 0 aliphatic heterocycles. The van der Waals surface area contributed by atoms with E-state index in [2.05, 4.69) is 9.97 Å². The molecule has 0 saturated carbocycles. The van der Waals surface area contributed by atoms with Crippen LogP contribution in [0.4, 0.5) is 0 Å². The van der Waals surface area contributed by atoms with E-state index in [-0.39, 0.29) is 23.0 Å². The lowest BCUT2D eigenvalue weighted by atomic mass is 10.4. The molecule has 0 spiro atoms. The third kappa shape index (κ3) is 4.16. The summed E-state index contributed by atoms with van der Waals surface area (Å²) >= 11 is 0. The monoisotopic (exact) mass is 307 g/mol. The fourth-order valence-electron chi connectivity index (χ4n) is 1.86. The average molecular weight is 307 g/mol. The van der Waals surface area contributed by atoms with Crippen molar-refractivity contribution < 1.29 is 13.2 Å². The van der Waals surface area contributed by atoms with E-state index in [9.17, 15) is 13.2 Å². The number of hydrogen-bond acceptors (Lipinski definition) is 4. The summed E-state index contributed by atoms with van der Waals surface area (Å²) in [6.07, 6.45) is 3.23. The highest BCUT2D eigenvalue weighted by Crippen LogP contribution is 2.11. The number of nitrogens with one attached hydrogen (secondary N) is 1. The van der Waals surface area contributed by atoms with Crippen LogP contribution in [0, 0.1) is 0 Å². The number of benzene rings is 1. The number of hydrogen-bond donors (Lipinski definition) is 1. The predicted octanol–water partition coefficient (Wildman–Crippen LogP) is 1.23. The van der Waals surface area contributed by atoms with Crippen molar-refractivity contribution in [1.29, 1.82) is 0 Å². The van der Waals surface area contributed by atoms with Crippen LogP contribution in [0.1, 0.15) is 12.2 Å². The van der Waals surface area contributed by atoms with Crippen molar-refractivity contribution in [1.82, 2.24) is 14.9 Å².